The molecule has 3 rings (SSSR count). The molecule has 0 saturated carbocycles. The maximum atomic E-state index is 9.30. The molecule has 0 aliphatic rings. The second-order valence-electron chi connectivity index (χ2n) is 5.83. The highest BCUT2D eigenvalue weighted by atomic mass is 16.5. The number of aryl methyl sites for hydroxylation is 1. The summed E-state index contributed by atoms with van der Waals surface area (Å²) < 4.78 is 5.89. The molecule has 3 aromatic carbocycles. The third-order valence-electron chi connectivity index (χ3n) is 3.75. The van der Waals surface area contributed by atoms with E-state index in [1.165, 1.54) is 11.1 Å². The van der Waals surface area contributed by atoms with Gasteiger partial charge in [-0.05, 0) is 54.4 Å². The molecule has 0 aliphatic carbocycles. The van der Waals surface area contributed by atoms with Gasteiger partial charge in [0.2, 0.25) is 0 Å². The number of rotatable bonds is 6. The number of anilines is 1. The number of nitrogens with one attached hydrogen (secondary N) is 1. The van der Waals surface area contributed by atoms with Crippen molar-refractivity contribution in [3.8, 4) is 11.5 Å². The van der Waals surface area contributed by atoms with Crippen molar-refractivity contribution < 1.29 is 9.84 Å². The van der Waals surface area contributed by atoms with Crippen molar-refractivity contribution in [2.24, 2.45) is 0 Å². The Hall–Kier alpha value is -2.94. The minimum atomic E-state index is 0.270. The van der Waals surface area contributed by atoms with Gasteiger partial charge in [-0.25, -0.2) is 0 Å². The second kappa shape index (κ2) is 7.55. The van der Waals surface area contributed by atoms with E-state index in [0.717, 1.165) is 17.0 Å². The lowest BCUT2D eigenvalue weighted by Crippen LogP contribution is -2.00. The third-order valence-corrected chi connectivity index (χ3v) is 3.75. The minimum absolute atomic E-state index is 0.270. The average molecular weight is 319 g/mol. The predicted octanol–water partition coefficient (Wildman–Crippen LogP) is 4.89. The van der Waals surface area contributed by atoms with Crippen LogP contribution in [-0.2, 0) is 13.2 Å². The van der Waals surface area contributed by atoms with Crippen LogP contribution in [0.5, 0.6) is 11.5 Å². The number of hydrogen-bond donors (Lipinski definition) is 2. The number of benzene rings is 3. The van der Waals surface area contributed by atoms with Crippen LogP contribution in [0.15, 0.2) is 72.8 Å². The molecule has 0 radical (unpaired) electrons. The molecule has 0 aliphatic heterocycles. The molecule has 2 N–H and O–H groups in total. The summed E-state index contributed by atoms with van der Waals surface area (Å²) in [6, 6.07) is 23.5. The van der Waals surface area contributed by atoms with E-state index in [1.54, 1.807) is 12.1 Å². The van der Waals surface area contributed by atoms with Crippen LogP contribution >= 0.6 is 0 Å². The maximum Gasteiger partial charge on any atom is 0.120 e. The molecule has 0 unspecified atom stereocenters. The Balaban J connectivity index is 1.58. The van der Waals surface area contributed by atoms with E-state index in [9.17, 15) is 5.11 Å². The Bertz CT molecular complexity index is 797. The standard InChI is InChI=1S/C21H21NO2/c1-16-4-2-6-18(12-16)15-24-21-7-3-5-17(13-21)14-22-19-8-10-20(23)11-9-19/h2-13,22-23H,14-15H2,1H3. The molecular formula is C21H21NO2. The Kier molecular flexibility index (Phi) is 5.02. The smallest absolute Gasteiger partial charge is 0.120 e. The molecule has 3 aromatic rings. The number of ether oxygens (including phenoxy) is 1. The van der Waals surface area contributed by atoms with E-state index < -0.39 is 0 Å². The monoisotopic (exact) mass is 319 g/mol. The lowest BCUT2D eigenvalue weighted by atomic mass is 10.1. The first kappa shape index (κ1) is 15.9. The summed E-state index contributed by atoms with van der Waals surface area (Å²) in [6.45, 7) is 3.35. The summed E-state index contributed by atoms with van der Waals surface area (Å²) in [4.78, 5) is 0. The first-order chi connectivity index (χ1) is 11.7. The van der Waals surface area contributed by atoms with E-state index in [2.05, 4.69) is 36.5 Å². The van der Waals surface area contributed by atoms with E-state index in [1.807, 2.05) is 36.4 Å². The van der Waals surface area contributed by atoms with Crippen molar-refractivity contribution in [1.82, 2.24) is 0 Å². The zero-order valence-corrected chi connectivity index (χ0v) is 13.7. The van der Waals surface area contributed by atoms with Crippen LogP contribution in [0.2, 0.25) is 0 Å². The first-order valence-electron chi connectivity index (χ1n) is 7.99. The van der Waals surface area contributed by atoms with Gasteiger partial charge >= 0.3 is 0 Å². The lowest BCUT2D eigenvalue weighted by molar-refractivity contribution is 0.306. The number of hydrogen-bond acceptors (Lipinski definition) is 3. The average Bonchev–Trinajstić information content (AvgIpc) is 2.60. The zero-order chi connectivity index (χ0) is 16.8. The third kappa shape index (κ3) is 4.53. The van der Waals surface area contributed by atoms with Crippen LogP contribution in [0.4, 0.5) is 5.69 Å². The van der Waals surface area contributed by atoms with Gasteiger partial charge in [0.15, 0.2) is 0 Å². The highest BCUT2D eigenvalue weighted by Gasteiger charge is 2.00. The van der Waals surface area contributed by atoms with Crippen LogP contribution in [0.3, 0.4) is 0 Å². The molecule has 3 nitrogen and oxygen atoms in total. The lowest BCUT2D eigenvalue weighted by Gasteiger charge is -2.10. The van der Waals surface area contributed by atoms with E-state index in [-0.39, 0.29) is 5.75 Å². The Morgan fingerprint density at radius 2 is 1.62 bits per heavy atom. The predicted molar refractivity (Wildman–Crippen MR) is 97.4 cm³/mol. The Morgan fingerprint density at radius 3 is 2.42 bits per heavy atom. The van der Waals surface area contributed by atoms with Gasteiger partial charge in [0.05, 0.1) is 0 Å². The zero-order valence-electron chi connectivity index (χ0n) is 13.7. The Labute approximate surface area is 142 Å². The molecule has 0 atom stereocenters. The Morgan fingerprint density at radius 1 is 0.875 bits per heavy atom. The summed E-state index contributed by atoms with van der Waals surface area (Å²) in [5.74, 6) is 1.13. The molecule has 24 heavy (non-hydrogen) atoms. The molecule has 122 valence electrons. The van der Waals surface area contributed by atoms with Gasteiger partial charge < -0.3 is 15.2 Å². The van der Waals surface area contributed by atoms with Gasteiger partial charge in [0.1, 0.15) is 18.1 Å². The molecular weight excluding hydrogens is 298 g/mol. The summed E-state index contributed by atoms with van der Waals surface area (Å²) in [7, 11) is 0. The van der Waals surface area contributed by atoms with Crippen molar-refractivity contribution in [2.75, 3.05) is 5.32 Å². The van der Waals surface area contributed by atoms with Crippen molar-refractivity contribution in [1.29, 1.82) is 0 Å². The number of phenolic OH excluding ortho intramolecular Hbond substituents is 1. The number of aromatic hydroxyl groups is 1. The van der Waals surface area contributed by atoms with Gasteiger partial charge in [-0.15, -0.1) is 0 Å². The molecule has 0 amide bonds. The second-order valence-corrected chi connectivity index (χ2v) is 5.83. The first-order valence-corrected chi connectivity index (χ1v) is 7.99. The van der Waals surface area contributed by atoms with Crippen LogP contribution in [0.1, 0.15) is 16.7 Å². The highest BCUT2D eigenvalue weighted by Crippen LogP contribution is 2.18. The van der Waals surface area contributed by atoms with Crippen molar-refractivity contribution in [3.63, 3.8) is 0 Å². The van der Waals surface area contributed by atoms with Crippen LogP contribution < -0.4 is 10.1 Å². The SMILES string of the molecule is Cc1cccc(COc2cccc(CNc3ccc(O)cc3)c2)c1. The fourth-order valence-corrected chi connectivity index (χ4v) is 2.50. The van der Waals surface area contributed by atoms with Crippen LogP contribution in [0.25, 0.3) is 0 Å². The molecule has 0 aromatic heterocycles. The van der Waals surface area contributed by atoms with Gasteiger partial charge in [-0.1, -0.05) is 42.0 Å². The molecule has 0 saturated heterocycles. The number of phenols is 1. The highest BCUT2D eigenvalue weighted by molar-refractivity contribution is 5.46. The molecule has 3 heteroatoms. The molecule has 0 spiro atoms. The largest absolute Gasteiger partial charge is 0.508 e. The molecule has 0 bridgehead atoms. The van der Waals surface area contributed by atoms with Crippen LogP contribution in [-0.4, -0.2) is 5.11 Å². The fraction of sp³-hybridized carbons (Fsp3) is 0.143. The maximum absolute atomic E-state index is 9.30. The normalized spacial score (nSPS) is 10.4. The van der Waals surface area contributed by atoms with E-state index in [4.69, 9.17) is 4.74 Å². The van der Waals surface area contributed by atoms with Gasteiger partial charge in [0.25, 0.3) is 0 Å². The van der Waals surface area contributed by atoms with E-state index in [0.29, 0.717) is 13.2 Å². The van der Waals surface area contributed by atoms with Crippen molar-refractivity contribution in [2.45, 2.75) is 20.1 Å². The molecule has 0 fully saturated rings. The van der Waals surface area contributed by atoms with Gasteiger partial charge in [-0.2, -0.15) is 0 Å². The molecule has 0 heterocycles. The van der Waals surface area contributed by atoms with E-state index >= 15 is 0 Å². The van der Waals surface area contributed by atoms with Crippen molar-refractivity contribution in [3.05, 3.63) is 89.5 Å². The quantitative estimate of drug-likeness (QED) is 0.636. The van der Waals surface area contributed by atoms with Gasteiger partial charge in [0, 0.05) is 12.2 Å². The summed E-state index contributed by atoms with van der Waals surface area (Å²) in [5.41, 5.74) is 4.52. The summed E-state index contributed by atoms with van der Waals surface area (Å²) >= 11 is 0. The van der Waals surface area contributed by atoms with Gasteiger partial charge in [-0.3, -0.25) is 0 Å². The summed E-state index contributed by atoms with van der Waals surface area (Å²) in [6.07, 6.45) is 0. The fourth-order valence-electron chi connectivity index (χ4n) is 2.50. The summed E-state index contributed by atoms with van der Waals surface area (Å²) in [5, 5.41) is 12.6. The van der Waals surface area contributed by atoms with Crippen LogP contribution in [0, 0.1) is 6.92 Å². The topological polar surface area (TPSA) is 41.5 Å². The van der Waals surface area contributed by atoms with Crippen molar-refractivity contribution >= 4 is 5.69 Å². The minimum Gasteiger partial charge on any atom is -0.508 e.